The third kappa shape index (κ3) is 3.66. The standard InChI is InChI=1S/C25H31N2O/c1-24(2,3)25(4)26(5)23(28)22(19-21-15-10-7-11-16-21)27(25)18-12-17-20-13-8-6-9-14-20/h6-18,22H,19H2,1-5H3/q+1/b17-12+,27-18+/t22-,25+/m0/s1. The molecule has 146 valence electrons. The summed E-state index contributed by atoms with van der Waals surface area (Å²) in [4.78, 5) is 15.2. The van der Waals surface area contributed by atoms with Crippen molar-refractivity contribution in [3.05, 3.63) is 77.9 Å². The molecule has 0 bridgehead atoms. The van der Waals surface area contributed by atoms with Gasteiger partial charge in [0.1, 0.15) is 0 Å². The highest BCUT2D eigenvalue weighted by molar-refractivity contribution is 5.85. The second-order valence-corrected chi connectivity index (χ2v) is 8.70. The van der Waals surface area contributed by atoms with Gasteiger partial charge in [-0.2, -0.15) is 4.58 Å². The lowest BCUT2D eigenvalue weighted by Gasteiger charge is -2.38. The van der Waals surface area contributed by atoms with Gasteiger partial charge in [0.05, 0.1) is 0 Å². The Balaban J connectivity index is 2.02. The molecule has 1 amide bonds. The predicted octanol–water partition coefficient (Wildman–Crippen LogP) is 4.63. The number of nitrogens with zero attached hydrogens (tertiary/aromatic N) is 2. The van der Waals surface area contributed by atoms with Gasteiger partial charge >= 0.3 is 0 Å². The van der Waals surface area contributed by atoms with E-state index in [1.807, 2.05) is 48.3 Å². The highest BCUT2D eigenvalue weighted by Crippen LogP contribution is 2.41. The average molecular weight is 376 g/mol. The van der Waals surface area contributed by atoms with Gasteiger partial charge in [-0.15, -0.1) is 0 Å². The summed E-state index contributed by atoms with van der Waals surface area (Å²) in [6, 6.07) is 20.3. The van der Waals surface area contributed by atoms with Crippen LogP contribution in [-0.2, 0) is 11.2 Å². The van der Waals surface area contributed by atoms with Crippen molar-refractivity contribution >= 4 is 18.2 Å². The monoisotopic (exact) mass is 375 g/mol. The maximum atomic E-state index is 13.3. The quantitative estimate of drug-likeness (QED) is 0.715. The molecule has 0 aliphatic carbocycles. The fraction of sp³-hybridized carbons (Fsp3) is 0.360. The van der Waals surface area contributed by atoms with Crippen molar-refractivity contribution < 1.29 is 9.37 Å². The fourth-order valence-electron chi connectivity index (χ4n) is 4.01. The van der Waals surface area contributed by atoms with Gasteiger partial charge in [-0.25, -0.2) is 0 Å². The number of rotatable bonds is 4. The molecule has 3 heteroatoms. The summed E-state index contributed by atoms with van der Waals surface area (Å²) in [6.07, 6.45) is 6.94. The Hall–Kier alpha value is -2.68. The summed E-state index contributed by atoms with van der Waals surface area (Å²) in [7, 11) is 1.93. The number of likely N-dealkylation sites (N-methyl/N-ethyl adjacent to an activating group) is 1. The summed E-state index contributed by atoms with van der Waals surface area (Å²) in [5, 5.41) is 0. The number of benzene rings is 2. The van der Waals surface area contributed by atoms with Gasteiger partial charge in [-0.1, -0.05) is 81.4 Å². The molecule has 0 aromatic heterocycles. The van der Waals surface area contributed by atoms with E-state index in [0.717, 1.165) is 5.56 Å². The Labute approximate surface area is 169 Å². The number of carbonyl (C=O) groups is 1. The van der Waals surface area contributed by atoms with Crippen molar-refractivity contribution in [3.8, 4) is 0 Å². The highest BCUT2D eigenvalue weighted by atomic mass is 16.2. The Morgan fingerprint density at radius 1 is 1.04 bits per heavy atom. The fourth-order valence-corrected chi connectivity index (χ4v) is 4.01. The molecular weight excluding hydrogens is 344 g/mol. The van der Waals surface area contributed by atoms with E-state index in [2.05, 4.69) is 74.9 Å². The zero-order valence-electron chi connectivity index (χ0n) is 17.6. The van der Waals surface area contributed by atoms with Crippen molar-refractivity contribution in [1.82, 2.24) is 4.90 Å². The largest absolute Gasteiger partial charge is 0.296 e. The van der Waals surface area contributed by atoms with Crippen molar-refractivity contribution in [2.24, 2.45) is 5.41 Å². The maximum Gasteiger partial charge on any atom is 0.296 e. The Bertz CT molecular complexity index is 878. The summed E-state index contributed by atoms with van der Waals surface area (Å²) in [6.45, 7) is 8.76. The third-order valence-corrected chi connectivity index (χ3v) is 6.13. The number of amides is 1. The van der Waals surface area contributed by atoms with E-state index in [0.29, 0.717) is 6.42 Å². The molecule has 2 atom stereocenters. The topological polar surface area (TPSA) is 23.3 Å². The number of hydrogen-bond donors (Lipinski definition) is 0. The van der Waals surface area contributed by atoms with Gasteiger partial charge in [-0.3, -0.25) is 9.69 Å². The molecular formula is C25H31N2O+. The first-order chi connectivity index (χ1) is 13.2. The highest BCUT2D eigenvalue weighted by Gasteiger charge is 2.62. The molecule has 0 spiro atoms. The van der Waals surface area contributed by atoms with Crippen LogP contribution < -0.4 is 0 Å². The number of carbonyl (C=O) groups excluding carboxylic acids is 1. The number of hydrogen-bond acceptors (Lipinski definition) is 1. The van der Waals surface area contributed by atoms with Gasteiger partial charge in [0.25, 0.3) is 5.91 Å². The van der Waals surface area contributed by atoms with Crippen molar-refractivity contribution in [3.63, 3.8) is 0 Å². The molecule has 0 saturated carbocycles. The molecule has 2 aromatic rings. The first-order valence-corrected chi connectivity index (χ1v) is 9.92. The molecule has 1 saturated heterocycles. The second kappa shape index (κ2) is 7.75. The van der Waals surface area contributed by atoms with Gasteiger partial charge in [0.15, 0.2) is 6.21 Å². The smallest absolute Gasteiger partial charge is 0.279 e. The molecule has 3 nitrogen and oxygen atoms in total. The van der Waals surface area contributed by atoms with E-state index >= 15 is 0 Å². The molecule has 1 fully saturated rings. The predicted molar refractivity (Wildman–Crippen MR) is 116 cm³/mol. The molecule has 0 radical (unpaired) electrons. The molecule has 1 heterocycles. The summed E-state index contributed by atoms with van der Waals surface area (Å²) in [5.74, 6) is 0.172. The van der Waals surface area contributed by atoms with Crippen molar-refractivity contribution in [1.29, 1.82) is 0 Å². The lowest BCUT2D eigenvalue weighted by atomic mass is 9.80. The van der Waals surface area contributed by atoms with Crippen molar-refractivity contribution in [2.75, 3.05) is 7.05 Å². The average Bonchev–Trinajstić information content (AvgIpc) is 2.86. The Kier molecular flexibility index (Phi) is 5.55. The lowest BCUT2D eigenvalue weighted by molar-refractivity contribution is -0.637. The minimum absolute atomic E-state index is 0.111. The maximum absolute atomic E-state index is 13.3. The third-order valence-electron chi connectivity index (χ3n) is 6.13. The van der Waals surface area contributed by atoms with Gasteiger partial charge in [0.2, 0.25) is 11.7 Å². The minimum Gasteiger partial charge on any atom is -0.279 e. The molecule has 28 heavy (non-hydrogen) atoms. The van der Waals surface area contributed by atoms with Crippen LogP contribution in [0, 0.1) is 5.41 Å². The summed E-state index contributed by atoms with van der Waals surface area (Å²) >= 11 is 0. The van der Waals surface area contributed by atoms with Crippen LogP contribution in [0.3, 0.4) is 0 Å². The molecule has 1 aliphatic rings. The van der Waals surface area contributed by atoms with E-state index in [-0.39, 0.29) is 17.4 Å². The van der Waals surface area contributed by atoms with Crippen LogP contribution in [0.2, 0.25) is 0 Å². The Morgan fingerprint density at radius 2 is 1.61 bits per heavy atom. The van der Waals surface area contributed by atoms with Crippen LogP contribution in [0.15, 0.2) is 66.7 Å². The second-order valence-electron chi connectivity index (χ2n) is 8.70. The summed E-state index contributed by atoms with van der Waals surface area (Å²) < 4.78 is 2.25. The molecule has 2 aromatic carbocycles. The zero-order chi connectivity index (χ0) is 20.4. The van der Waals surface area contributed by atoms with Crippen LogP contribution in [-0.4, -0.2) is 40.3 Å². The zero-order valence-corrected chi connectivity index (χ0v) is 17.6. The van der Waals surface area contributed by atoms with Gasteiger partial charge in [0, 0.05) is 31.9 Å². The minimum atomic E-state index is -0.412. The van der Waals surface area contributed by atoms with Gasteiger partial charge in [-0.05, 0) is 17.2 Å². The van der Waals surface area contributed by atoms with E-state index in [4.69, 9.17) is 0 Å². The Morgan fingerprint density at radius 3 is 2.18 bits per heavy atom. The SMILES string of the molecule is CN1C(=O)[C@H](Cc2ccccc2)/[N+](=C\C=C\c2ccccc2)[C@]1(C)C(C)(C)C. The van der Waals surface area contributed by atoms with E-state index in [1.54, 1.807) is 0 Å². The summed E-state index contributed by atoms with van der Waals surface area (Å²) in [5.41, 5.74) is 1.80. The van der Waals surface area contributed by atoms with E-state index in [9.17, 15) is 4.79 Å². The molecule has 1 aliphatic heterocycles. The molecule has 3 rings (SSSR count). The van der Waals surface area contributed by atoms with Crippen LogP contribution in [0.1, 0.15) is 38.8 Å². The number of allylic oxidation sites excluding steroid dienone is 1. The van der Waals surface area contributed by atoms with E-state index < -0.39 is 5.66 Å². The molecule has 0 N–H and O–H groups in total. The van der Waals surface area contributed by atoms with Crippen LogP contribution in [0.5, 0.6) is 0 Å². The van der Waals surface area contributed by atoms with Crippen LogP contribution >= 0.6 is 0 Å². The van der Waals surface area contributed by atoms with Crippen LogP contribution in [0.4, 0.5) is 0 Å². The molecule has 0 unspecified atom stereocenters. The lowest BCUT2D eigenvalue weighted by Crippen LogP contribution is -2.56. The first kappa shape index (κ1) is 20.1. The van der Waals surface area contributed by atoms with Crippen molar-refractivity contribution in [2.45, 2.75) is 45.8 Å². The van der Waals surface area contributed by atoms with Crippen LogP contribution in [0.25, 0.3) is 6.08 Å². The van der Waals surface area contributed by atoms with Gasteiger partial charge < -0.3 is 0 Å². The van der Waals surface area contributed by atoms with E-state index in [1.165, 1.54) is 5.56 Å². The normalized spacial score (nSPS) is 24.5. The first-order valence-electron chi connectivity index (χ1n) is 9.92.